The monoisotopic (exact) mass is 158 g/mol. The first kappa shape index (κ1) is 7.22. The summed E-state index contributed by atoms with van der Waals surface area (Å²) in [4.78, 5) is 22.4. The van der Waals surface area contributed by atoms with Crippen molar-refractivity contribution in [1.82, 2.24) is 0 Å². The summed E-state index contributed by atoms with van der Waals surface area (Å²) in [5, 5.41) is 0. The minimum Gasteiger partial charge on any atom is -0.294 e. The number of hydrogen-bond donors (Lipinski definition) is 0. The molecule has 2 heteroatoms. The van der Waals surface area contributed by atoms with Crippen LogP contribution in [0.1, 0.15) is 27.1 Å². The SMILES string of the molecule is O=C1[C]CC(=O)c2ccccc21. The van der Waals surface area contributed by atoms with E-state index in [0.29, 0.717) is 11.1 Å². The van der Waals surface area contributed by atoms with Gasteiger partial charge in [-0.1, -0.05) is 24.3 Å². The first-order chi connectivity index (χ1) is 5.79. The van der Waals surface area contributed by atoms with Crippen molar-refractivity contribution in [2.75, 3.05) is 0 Å². The normalized spacial score (nSPS) is 16.0. The summed E-state index contributed by atoms with van der Waals surface area (Å²) in [6, 6.07) is 6.84. The van der Waals surface area contributed by atoms with Crippen LogP contribution in [-0.4, -0.2) is 11.6 Å². The van der Waals surface area contributed by atoms with E-state index in [1.54, 1.807) is 24.3 Å². The van der Waals surface area contributed by atoms with Crippen LogP contribution in [0.3, 0.4) is 0 Å². The molecule has 1 aliphatic carbocycles. The van der Waals surface area contributed by atoms with Gasteiger partial charge in [0.1, 0.15) is 0 Å². The summed E-state index contributed by atoms with van der Waals surface area (Å²) in [5.74, 6) is -0.185. The number of rotatable bonds is 0. The molecule has 1 aliphatic rings. The number of hydrogen-bond acceptors (Lipinski definition) is 2. The Balaban J connectivity index is 2.62. The second-order valence-corrected chi connectivity index (χ2v) is 2.65. The molecule has 0 bridgehead atoms. The van der Waals surface area contributed by atoms with Crippen molar-refractivity contribution >= 4 is 11.6 Å². The molecule has 0 spiro atoms. The molecule has 0 atom stereocenters. The third-order valence-corrected chi connectivity index (χ3v) is 1.88. The maximum Gasteiger partial charge on any atom is 0.172 e. The molecule has 0 aliphatic heterocycles. The summed E-state index contributed by atoms with van der Waals surface area (Å²) in [6.07, 6.45) is 2.62. The molecule has 0 unspecified atom stereocenters. The predicted octanol–water partition coefficient (Wildman–Crippen LogP) is 1.54. The van der Waals surface area contributed by atoms with Crippen molar-refractivity contribution in [3.05, 3.63) is 41.8 Å². The van der Waals surface area contributed by atoms with Crippen LogP contribution in [0.2, 0.25) is 0 Å². The number of carbonyl (C=O) groups is 2. The zero-order valence-corrected chi connectivity index (χ0v) is 6.33. The van der Waals surface area contributed by atoms with E-state index in [4.69, 9.17) is 0 Å². The van der Waals surface area contributed by atoms with Crippen LogP contribution >= 0.6 is 0 Å². The van der Waals surface area contributed by atoms with Crippen LogP contribution in [-0.2, 0) is 0 Å². The average molecular weight is 158 g/mol. The summed E-state index contributed by atoms with van der Waals surface area (Å²) in [6.45, 7) is 0. The largest absolute Gasteiger partial charge is 0.294 e. The van der Waals surface area contributed by atoms with Crippen molar-refractivity contribution in [1.29, 1.82) is 0 Å². The summed E-state index contributed by atoms with van der Waals surface area (Å²) in [7, 11) is 0. The summed E-state index contributed by atoms with van der Waals surface area (Å²) in [5.41, 5.74) is 1.01. The number of carbonyl (C=O) groups excluding carboxylic acids is 2. The Hall–Kier alpha value is -1.44. The van der Waals surface area contributed by atoms with Gasteiger partial charge in [0.05, 0.1) is 6.42 Å². The van der Waals surface area contributed by atoms with Crippen molar-refractivity contribution in [2.24, 2.45) is 0 Å². The maximum absolute atomic E-state index is 11.2. The standard InChI is InChI=1S/C10H6O2/c11-9-5-6-10(12)8-4-2-1-3-7(8)9/h1-4H,5H2. The minimum absolute atomic E-state index is 0.0230. The van der Waals surface area contributed by atoms with Gasteiger partial charge in [0.15, 0.2) is 11.6 Å². The highest BCUT2D eigenvalue weighted by Gasteiger charge is 2.22. The molecule has 0 aromatic heterocycles. The van der Waals surface area contributed by atoms with Crippen LogP contribution in [0.4, 0.5) is 0 Å². The van der Waals surface area contributed by atoms with E-state index in [0.717, 1.165) is 0 Å². The van der Waals surface area contributed by atoms with Crippen LogP contribution in [0, 0.1) is 6.42 Å². The second kappa shape index (κ2) is 2.55. The van der Waals surface area contributed by atoms with Crippen LogP contribution in [0.5, 0.6) is 0 Å². The third-order valence-electron chi connectivity index (χ3n) is 1.88. The highest BCUT2D eigenvalue weighted by Crippen LogP contribution is 2.19. The van der Waals surface area contributed by atoms with E-state index in [9.17, 15) is 9.59 Å². The van der Waals surface area contributed by atoms with E-state index in [-0.39, 0.29) is 18.0 Å². The molecule has 0 fully saturated rings. The predicted molar refractivity (Wildman–Crippen MR) is 43.0 cm³/mol. The first-order valence-electron chi connectivity index (χ1n) is 3.69. The van der Waals surface area contributed by atoms with Crippen LogP contribution in [0.25, 0.3) is 0 Å². The zero-order valence-electron chi connectivity index (χ0n) is 6.33. The molecule has 58 valence electrons. The van der Waals surface area contributed by atoms with Gasteiger partial charge in [-0.25, -0.2) is 0 Å². The molecule has 1 aromatic carbocycles. The fourth-order valence-electron chi connectivity index (χ4n) is 1.28. The third kappa shape index (κ3) is 0.961. The molecule has 1 aromatic rings. The van der Waals surface area contributed by atoms with Gasteiger partial charge in [-0.05, 0) is 0 Å². The van der Waals surface area contributed by atoms with Crippen molar-refractivity contribution < 1.29 is 9.59 Å². The zero-order chi connectivity index (χ0) is 8.55. The van der Waals surface area contributed by atoms with Crippen molar-refractivity contribution in [3.63, 3.8) is 0 Å². The quantitative estimate of drug-likeness (QED) is 0.573. The van der Waals surface area contributed by atoms with Crippen molar-refractivity contribution in [2.45, 2.75) is 6.42 Å². The number of benzene rings is 1. The number of fused-ring (bicyclic) bond motifs is 1. The number of ketones is 2. The molecule has 2 radical (unpaired) electrons. The minimum atomic E-state index is -0.162. The van der Waals surface area contributed by atoms with Gasteiger partial charge in [-0.3, -0.25) is 9.59 Å². The fourth-order valence-corrected chi connectivity index (χ4v) is 1.28. The Kier molecular flexibility index (Phi) is 1.54. The number of Topliss-reactive ketones (excluding diaryl/α,β-unsaturated/α-hetero) is 2. The lowest BCUT2D eigenvalue weighted by Gasteiger charge is -2.11. The average Bonchev–Trinajstić information content (AvgIpc) is 2.12. The summed E-state index contributed by atoms with van der Waals surface area (Å²) < 4.78 is 0. The van der Waals surface area contributed by atoms with Gasteiger partial charge in [-0.2, -0.15) is 0 Å². The van der Waals surface area contributed by atoms with Crippen molar-refractivity contribution in [3.8, 4) is 0 Å². The Morgan fingerprint density at radius 2 is 1.75 bits per heavy atom. The molecule has 2 rings (SSSR count). The van der Waals surface area contributed by atoms with E-state index < -0.39 is 0 Å². The van der Waals surface area contributed by atoms with E-state index in [1.807, 2.05) is 0 Å². The smallest absolute Gasteiger partial charge is 0.172 e. The lowest BCUT2D eigenvalue weighted by Crippen LogP contribution is -2.16. The molecule has 0 N–H and O–H groups in total. The molecule has 0 amide bonds. The Morgan fingerprint density at radius 1 is 1.08 bits per heavy atom. The highest BCUT2D eigenvalue weighted by atomic mass is 16.1. The maximum atomic E-state index is 11.2. The molecule has 0 saturated heterocycles. The Labute approximate surface area is 70.2 Å². The Morgan fingerprint density at radius 3 is 2.42 bits per heavy atom. The van der Waals surface area contributed by atoms with Crippen LogP contribution < -0.4 is 0 Å². The molecule has 0 heterocycles. The van der Waals surface area contributed by atoms with E-state index in [2.05, 4.69) is 6.42 Å². The topological polar surface area (TPSA) is 34.1 Å². The highest BCUT2D eigenvalue weighted by molar-refractivity contribution is 6.17. The van der Waals surface area contributed by atoms with Crippen LogP contribution in [0.15, 0.2) is 24.3 Å². The van der Waals surface area contributed by atoms with Gasteiger partial charge in [0.2, 0.25) is 0 Å². The lowest BCUT2D eigenvalue weighted by atomic mass is 9.90. The fraction of sp³-hybridized carbons (Fsp3) is 0.100. The second-order valence-electron chi connectivity index (χ2n) is 2.65. The van der Waals surface area contributed by atoms with E-state index >= 15 is 0 Å². The van der Waals surface area contributed by atoms with Gasteiger partial charge >= 0.3 is 0 Å². The van der Waals surface area contributed by atoms with Gasteiger partial charge in [0.25, 0.3) is 0 Å². The summed E-state index contributed by atoms with van der Waals surface area (Å²) >= 11 is 0. The first-order valence-corrected chi connectivity index (χ1v) is 3.69. The van der Waals surface area contributed by atoms with Gasteiger partial charge in [-0.15, -0.1) is 0 Å². The molecular weight excluding hydrogens is 152 g/mol. The molecule has 2 nitrogen and oxygen atoms in total. The van der Waals surface area contributed by atoms with E-state index in [1.165, 1.54) is 0 Å². The molecule has 0 saturated carbocycles. The molecule has 12 heavy (non-hydrogen) atoms. The van der Waals surface area contributed by atoms with Gasteiger partial charge in [0, 0.05) is 17.5 Å². The molecular formula is C10H6O2. The Bertz CT molecular complexity index is 318. The van der Waals surface area contributed by atoms with Gasteiger partial charge < -0.3 is 0 Å². The lowest BCUT2D eigenvalue weighted by molar-refractivity contribution is 0.0931.